The molecule has 4 heteroatoms. The Bertz CT molecular complexity index is 242. The number of hydrogen-bond acceptors (Lipinski definition) is 2. The molecule has 2 aliphatic carbocycles. The van der Waals surface area contributed by atoms with Crippen molar-refractivity contribution >= 4 is 17.9 Å². The monoisotopic (exact) mass is 217 g/mol. The van der Waals surface area contributed by atoms with Crippen LogP contribution in [0.4, 0.5) is 4.39 Å². The van der Waals surface area contributed by atoms with Crippen molar-refractivity contribution in [2.45, 2.75) is 37.4 Å². The fraction of sp³-hybridized carbons (Fsp3) is 0.900. The van der Waals surface area contributed by atoms with Crippen molar-refractivity contribution in [3.8, 4) is 0 Å². The molecule has 0 heterocycles. The van der Waals surface area contributed by atoms with Gasteiger partial charge in [-0.25, -0.2) is 0 Å². The summed E-state index contributed by atoms with van der Waals surface area (Å²) >= 11 is 1.55. The zero-order chi connectivity index (χ0) is 10.2. The molecule has 2 saturated carbocycles. The summed E-state index contributed by atoms with van der Waals surface area (Å²) in [6.45, 7) is 1.86. The lowest BCUT2D eigenvalue weighted by atomic mass is 10.2. The third-order valence-electron chi connectivity index (χ3n) is 3.09. The summed E-state index contributed by atoms with van der Waals surface area (Å²) < 4.78 is 15.2. The minimum absolute atomic E-state index is 0.0978. The first-order valence-electron chi connectivity index (χ1n) is 5.18. The number of carbonyl (C=O) groups excluding carboxylic acids is 1. The van der Waals surface area contributed by atoms with Crippen LogP contribution in [0.3, 0.4) is 0 Å². The number of halogens is 1. The van der Waals surface area contributed by atoms with Gasteiger partial charge in [0.2, 0.25) is 5.91 Å². The molecule has 0 aromatic carbocycles. The molecule has 0 radical (unpaired) electrons. The molecule has 2 atom stereocenters. The first kappa shape index (κ1) is 10.3. The fourth-order valence-electron chi connectivity index (χ4n) is 1.56. The van der Waals surface area contributed by atoms with E-state index in [1.807, 2.05) is 0 Å². The highest BCUT2D eigenvalue weighted by Crippen LogP contribution is 2.47. The second-order valence-electron chi connectivity index (χ2n) is 4.60. The Morgan fingerprint density at radius 2 is 2.36 bits per heavy atom. The number of rotatable bonds is 5. The van der Waals surface area contributed by atoms with Crippen molar-refractivity contribution in [2.75, 3.05) is 6.67 Å². The predicted molar refractivity (Wildman–Crippen MR) is 55.6 cm³/mol. The molecule has 0 aromatic heterocycles. The maximum Gasteiger partial charge on any atom is 0.233 e. The van der Waals surface area contributed by atoms with Crippen LogP contribution in [0.5, 0.6) is 0 Å². The van der Waals surface area contributed by atoms with E-state index in [1.54, 1.807) is 11.9 Å². The first-order valence-corrected chi connectivity index (χ1v) is 6.00. The number of alkyl halides is 1. The standard InChI is InChI=1S/C10H16FNOS/c1-10(3-4-10)14-12-9(13)8-6-7(8)2-5-11/h7-8H,2-6H2,1H3,(H,12,13)/t7?,8-/m0/s1. The van der Waals surface area contributed by atoms with Gasteiger partial charge in [-0.15, -0.1) is 0 Å². The van der Waals surface area contributed by atoms with Crippen LogP contribution in [0.1, 0.15) is 32.6 Å². The molecule has 0 spiro atoms. The van der Waals surface area contributed by atoms with Gasteiger partial charge in [0, 0.05) is 10.7 Å². The van der Waals surface area contributed by atoms with Crippen molar-refractivity contribution < 1.29 is 9.18 Å². The third kappa shape index (κ3) is 2.41. The highest BCUT2D eigenvalue weighted by atomic mass is 32.2. The average Bonchev–Trinajstić information content (AvgIpc) is 3.02. The summed E-state index contributed by atoms with van der Waals surface area (Å²) in [5, 5.41) is 0. The molecule has 1 N–H and O–H groups in total. The molecule has 0 bridgehead atoms. The molecule has 14 heavy (non-hydrogen) atoms. The SMILES string of the molecule is CC1(SNC(=O)[C@H]2CC2CCF)CC1. The van der Waals surface area contributed by atoms with Gasteiger partial charge in [-0.3, -0.25) is 13.9 Å². The summed E-state index contributed by atoms with van der Waals surface area (Å²) in [7, 11) is 0. The molecule has 2 rings (SSSR count). The van der Waals surface area contributed by atoms with E-state index in [4.69, 9.17) is 0 Å². The molecule has 2 fully saturated rings. The smallest absolute Gasteiger partial charge is 0.233 e. The Kier molecular flexibility index (Phi) is 2.73. The van der Waals surface area contributed by atoms with Crippen molar-refractivity contribution in [2.24, 2.45) is 11.8 Å². The Morgan fingerprint density at radius 1 is 1.64 bits per heavy atom. The predicted octanol–water partition coefficient (Wildman–Crippen LogP) is 2.30. The zero-order valence-corrected chi connectivity index (χ0v) is 9.20. The van der Waals surface area contributed by atoms with Crippen LogP contribution >= 0.6 is 11.9 Å². The molecule has 0 aliphatic heterocycles. The number of amides is 1. The summed E-state index contributed by atoms with van der Waals surface area (Å²) in [5.41, 5.74) is 0. The van der Waals surface area contributed by atoms with Crippen molar-refractivity contribution in [3.63, 3.8) is 0 Å². The maximum atomic E-state index is 12.0. The fourth-order valence-corrected chi connectivity index (χ4v) is 2.36. The average molecular weight is 217 g/mol. The van der Waals surface area contributed by atoms with E-state index in [1.165, 1.54) is 12.8 Å². The Hall–Kier alpha value is -0.250. The summed E-state index contributed by atoms with van der Waals surface area (Å²) in [4.78, 5) is 11.5. The lowest BCUT2D eigenvalue weighted by molar-refractivity contribution is -0.120. The van der Waals surface area contributed by atoms with E-state index in [0.717, 1.165) is 6.42 Å². The summed E-state index contributed by atoms with van der Waals surface area (Å²) in [5.74, 6) is 0.523. The van der Waals surface area contributed by atoms with Crippen molar-refractivity contribution in [1.82, 2.24) is 4.72 Å². The molecule has 1 unspecified atom stereocenters. The molecule has 2 nitrogen and oxygen atoms in total. The summed E-state index contributed by atoms with van der Waals surface area (Å²) in [6.07, 6.45) is 3.82. The summed E-state index contributed by atoms with van der Waals surface area (Å²) in [6, 6.07) is 0. The molecule has 0 aromatic rings. The van der Waals surface area contributed by atoms with Gasteiger partial charge < -0.3 is 0 Å². The number of carbonyl (C=O) groups is 1. The maximum absolute atomic E-state index is 12.0. The van der Waals surface area contributed by atoms with Gasteiger partial charge in [0.05, 0.1) is 6.67 Å². The number of nitrogens with one attached hydrogen (secondary N) is 1. The van der Waals surface area contributed by atoms with Crippen molar-refractivity contribution in [1.29, 1.82) is 0 Å². The van der Waals surface area contributed by atoms with Gasteiger partial charge in [-0.1, -0.05) is 0 Å². The Labute approximate surface area is 88.1 Å². The van der Waals surface area contributed by atoms with Crippen LogP contribution in [0, 0.1) is 11.8 Å². The molecule has 0 saturated heterocycles. The number of hydrogen-bond donors (Lipinski definition) is 1. The first-order chi connectivity index (χ1) is 6.64. The molecule has 80 valence electrons. The van der Waals surface area contributed by atoms with Gasteiger partial charge in [-0.2, -0.15) is 0 Å². The van der Waals surface area contributed by atoms with Crippen LogP contribution < -0.4 is 4.72 Å². The normalized spacial score (nSPS) is 32.4. The van der Waals surface area contributed by atoms with Crippen LogP contribution in [0.2, 0.25) is 0 Å². The highest BCUT2D eigenvalue weighted by Gasteiger charge is 2.44. The third-order valence-corrected chi connectivity index (χ3v) is 4.30. The van der Waals surface area contributed by atoms with Gasteiger partial charge in [-0.05, 0) is 50.5 Å². The van der Waals surface area contributed by atoms with Crippen LogP contribution in [0.25, 0.3) is 0 Å². The highest BCUT2D eigenvalue weighted by molar-refractivity contribution is 7.99. The lowest BCUT2D eigenvalue weighted by Crippen LogP contribution is -2.21. The van der Waals surface area contributed by atoms with E-state index < -0.39 is 0 Å². The molecular formula is C10H16FNOS. The quantitative estimate of drug-likeness (QED) is 0.716. The van der Waals surface area contributed by atoms with Gasteiger partial charge in [0.1, 0.15) is 0 Å². The van der Waals surface area contributed by atoms with Crippen LogP contribution in [-0.2, 0) is 4.79 Å². The minimum atomic E-state index is -0.292. The Morgan fingerprint density at radius 3 is 2.93 bits per heavy atom. The lowest BCUT2D eigenvalue weighted by Gasteiger charge is -2.08. The van der Waals surface area contributed by atoms with E-state index in [9.17, 15) is 9.18 Å². The molecule has 1 amide bonds. The zero-order valence-electron chi connectivity index (χ0n) is 8.38. The van der Waals surface area contributed by atoms with E-state index >= 15 is 0 Å². The topological polar surface area (TPSA) is 29.1 Å². The Balaban J connectivity index is 1.65. The van der Waals surface area contributed by atoms with Crippen LogP contribution in [-0.4, -0.2) is 17.3 Å². The molecular weight excluding hydrogens is 201 g/mol. The van der Waals surface area contributed by atoms with E-state index in [0.29, 0.717) is 17.1 Å². The second kappa shape index (κ2) is 3.72. The second-order valence-corrected chi connectivity index (χ2v) is 5.99. The van der Waals surface area contributed by atoms with E-state index in [2.05, 4.69) is 11.6 Å². The minimum Gasteiger partial charge on any atom is -0.299 e. The van der Waals surface area contributed by atoms with Gasteiger partial charge in [0.25, 0.3) is 0 Å². The largest absolute Gasteiger partial charge is 0.299 e. The van der Waals surface area contributed by atoms with Gasteiger partial charge in [0.15, 0.2) is 0 Å². The molecule has 2 aliphatic rings. The van der Waals surface area contributed by atoms with E-state index in [-0.39, 0.29) is 18.5 Å². The van der Waals surface area contributed by atoms with Crippen molar-refractivity contribution in [3.05, 3.63) is 0 Å². The van der Waals surface area contributed by atoms with Gasteiger partial charge >= 0.3 is 0 Å². The van der Waals surface area contributed by atoms with Crippen LogP contribution in [0.15, 0.2) is 0 Å².